The number of nitrogens with one attached hydrogen (secondary N) is 1. The molecule has 0 fully saturated rings. The third-order valence-electron chi connectivity index (χ3n) is 5.68. The molecule has 4 aromatic rings. The summed E-state index contributed by atoms with van der Waals surface area (Å²) in [5, 5.41) is 3.69. The van der Waals surface area contributed by atoms with E-state index in [1.165, 1.54) is 0 Å². The summed E-state index contributed by atoms with van der Waals surface area (Å²) in [5.74, 6) is 0. The van der Waals surface area contributed by atoms with Gasteiger partial charge in [0.25, 0.3) is 0 Å². The van der Waals surface area contributed by atoms with E-state index < -0.39 is 0 Å². The molecule has 0 spiro atoms. The van der Waals surface area contributed by atoms with E-state index in [9.17, 15) is 4.79 Å². The van der Waals surface area contributed by atoms with Crippen LogP contribution in [0, 0.1) is 6.92 Å². The number of amides is 2. The Labute approximate surface area is 186 Å². The van der Waals surface area contributed by atoms with Crippen LogP contribution < -0.4 is 5.32 Å². The maximum atomic E-state index is 13.6. The van der Waals surface area contributed by atoms with E-state index in [4.69, 9.17) is 11.6 Å². The molecular weight excluding hydrogens is 406 g/mol. The molecule has 0 bridgehead atoms. The number of benzene rings is 3. The molecule has 4 nitrogen and oxygen atoms in total. The van der Waals surface area contributed by atoms with Crippen LogP contribution in [0.15, 0.2) is 91.1 Å². The van der Waals surface area contributed by atoms with Crippen LogP contribution in [0.3, 0.4) is 0 Å². The van der Waals surface area contributed by atoms with Gasteiger partial charge in [0.05, 0.1) is 18.3 Å². The van der Waals surface area contributed by atoms with E-state index in [-0.39, 0.29) is 12.1 Å². The van der Waals surface area contributed by atoms with Gasteiger partial charge in [-0.2, -0.15) is 0 Å². The largest absolute Gasteiger partial charge is 0.322 e. The number of para-hydroxylation sites is 1. The molecule has 0 radical (unpaired) electrons. The van der Waals surface area contributed by atoms with Crippen molar-refractivity contribution in [3.05, 3.63) is 119 Å². The van der Waals surface area contributed by atoms with E-state index in [2.05, 4.69) is 59.4 Å². The molecule has 1 aliphatic rings. The maximum absolute atomic E-state index is 13.6. The fourth-order valence-electron chi connectivity index (χ4n) is 4.26. The fourth-order valence-corrected chi connectivity index (χ4v) is 4.38. The van der Waals surface area contributed by atoms with Gasteiger partial charge in [0.2, 0.25) is 0 Å². The lowest BCUT2D eigenvalue weighted by Gasteiger charge is -2.31. The summed E-state index contributed by atoms with van der Waals surface area (Å²) in [6.45, 7) is 2.57. The van der Waals surface area contributed by atoms with Gasteiger partial charge in [-0.3, -0.25) is 0 Å². The van der Waals surface area contributed by atoms with Gasteiger partial charge in [0, 0.05) is 22.6 Å². The van der Waals surface area contributed by atoms with Crippen LogP contribution >= 0.6 is 11.6 Å². The van der Waals surface area contributed by atoms with Crippen molar-refractivity contribution in [2.75, 3.05) is 5.32 Å². The van der Waals surface area contributed by atoms with Crippen molar-refractivity contribution in [3.8, 4) is 5.69 Å². The molecule has 2 heterocycles. The molecule has 0 aliphatic carbocycles. The van der Waals surface area contributed by atoms with Gasteiger partial charge in [0.15, 0.2) is 0 Å². The summed E-state index contributed by atoms with van der Waals surface area (Å²) >= 11 is 6.01. The minimum atomic E-state index is -0.227. The topological polar surface area (TPSA) is 37.3 Å². The number of carbonyl (C=O) groups excluding carboxylic acids is 1. The molecule has 1 aromatic heterocycles. The number of hydrogen-bond acceptors (Lipinski definition) is 1. The summed E-state index contributed by atoms with van der Waals surface area (Å²) in [5.41, 5.74) is 6.21. The number of aryl methyl sites for hydroxylation is 1. The zero-order valence-corrected chi connectivity index (χ0v) is 17.9. The molecule has 31 heavy (non-hydrogen) atoms. The predicted molar refractivity (Wildman–Crippen MR) is 125 cm³/mol. The molecule has 0 saturated heterocycles. The lowest BCUT2D eigenvalue weighted by Crippen LogP contribution is -2.37. The third kappa shape index (κ3) is 3.71. The highest BCUT2D eigenvalue weighted by molar-refractivity contribution is 6.30. The van der Waals surface area contributed by atoms with Gasteiger partial charge >= 0.3 is 6.03 Å². The van der Waals surface area contributed by atoms with Crippen LogP contribution in [0.1, 0.15) is 28.4 Å². The molecule has 1 atom stereocenters. The first kappa shape index (κ1) is 19.5. The Hall–Kier alpha value is -3.50. The molecule has 0 saturated carbocycles. The predicted octanol–water partition coefficient (Wildman–Crippen LogP) is 6.58. The van der Waals surface area contributed by atoms with Gasteiger partial charge in [-0.1, -0.05) is 59.6 Å². The van der Waals surface area contributed by atoms with E-state index >= 15 is 0 Å². The average Bonchev–Trinajstić information content (AvgIpc) is 3.19. The van der Waals surface area contributed by atoms with Crippen molar-refractivity contribution in [2.45, 2.75) is 19.5 Å². The quantitative estimate of drug-likeness (QED) is 0.385. The second-order valence-electron chi connectivity index (χ2n) is 7.81. The van der Waals surface area contributed by atoms with Crippen molar-refractivity contribution in [1.82, 2.24) is 9.47 Å². The molecule has 5 rings (SSSR count). The minimum absolute atomic E-state index is 0.154. The molecule has 1 N–H and O–H groups in total. The van der Waals surface area contributed by atoms with Crippen LogP contribution in [-0.4, -0.2) is 15.5 Å². The van der Waals surface area contributed by atoms with Gasteiger partial charge in [-0.15, -0.1) is 0 Å². The lowest BCUT2D eigenvalue weighted by molar-refractivity contribution is 0.194. The first-order chi connectivity index (χ1) is 15.1. The zero-order valence-electron chi connectivity index (χ0n) is 17.1. The second-order valence-corrected chi connectivity index (χ2v) is 8.25. The van der Waals surface area contributed by atoms with Crippen LogP contribution in [0.2, 0.25) is 5.02 Å². The van der Waals surface area contributed by atoms with Crippen LogP contribution in [0.5, 0.6) is 0 Å². The van der Waals surface area contributed by atoms with Crippen LogP contribution in [0.25, 0.3) is 5.69 Å². The summed E-state index contributed by atoms with van der Waals surface area (Å²) in [4.78, 5) is 15.5. The third-order valence-corrected chi connectivity index (χ3v) is 5.93. The van der Waals surface area contributed by atoms with E-state index in [1.54, 1.807) is 12.1 Å². The maximum Gasteiger partial charge on any atom is 0.322 e. The smallest absolute Gasteiger partial charge is 0.318 e. The molecule has 154 valence electrons. The Morgan fingerprint density at radius 3 is 2.58 bits per heavy atom. The SMILES string of the molecule is Cc1cccc([C@H]2c3cccn3-c3ccccc3CN2C(=O)Nc2ccc(Cl)cc2)c1. The average molecular weight is 428 g/mol. The zero-order chi connectivity index (χ0) is 21.4. The first-order valence-electron chi connectivity index (χ1n) is 10.3. The van der Waals surface area contributed by atoms with Crippen molar-refractivity contribution in [3.63, 3.8) is 0 Å². The van der Waals surface area contributed by atoms with Crippen molar-refractivity contribution >= 4 is 23.3 Å². The highest BCUT2D eigenvalue weighted by Crippen LogP contribution is 2.37. The number of urea groups is 1. The number of aromatic nitrogens is 1. The second kappa shape index (κ2) is 7.97. The number of carbonyl (C=O) groups is 1. The Morgan fingerprint density at radius 1 is 0.968 bits per heavy atom. The fraction of sp³-hybridized carbons (Fsp3) is 0.115. The number of halogens is 1. The minimum Gasteiger partial charge on any atom is -0.318 e. The van der Waals surface area contributed by atoms with Crippen molar-refractivity contribution in [2.24, 2.45) is 0 Å². The molecule has 5 heteroatoms. The normalized spacial score (nSPS) is 15.0. The first-order valence-corrected chi connectivity index (χ1v) is 10.6. The summed E-state index contributed by atoms with van der Waals surface area (Å²) < 4.78 is 2.19. The van der Waals surface area contributed by atoms with Gasteiger partial charge in [0.1, 0.15) is 0 Å². The van der Waals surface area contributed by atoms with E-state index in [0.29, 0.717) is 17.3 Å². The van der Waals surface area contributed by atoms with Gasteiger partial charge in [-0.25, -0.2) is 4.79 Å². The number of rotatable bonds is 2. The highest BCUT2D eigenvalue weighted by atomic mass is 35.5. The Bertz CT molecular complexity index is 1250. The summed E-state index contributed by atoms with van der Waals surface area (Å²) in [6, 6.07) is 27.5. The van der Waals surface area contributed by atoms with E-state index in [0.717, 1.165) is 28.1 Å². The molecule has 2 amide bonds. The van der Waals surface area contributed by atoms with Crippen molar-refractivity contribution in [1.29, 1.82) is 0 Å². The highest BCUT2D eigenvalue weighted by Gasteiger charge is 2.33. The Morgan fingerprint density at radius 2 is 1.77 bits per heavy atom. The number of nitrogens with zero attached hydrogens (tertiary/aromatic N) is 2. The summed E-state index contributed by atoms with van der Waals surface area (Å²) in [7, 11) is 0. The molecule has 0 unspecified atom stereocenters. The van der Waals surface area contributed by atoms with Gasteiger partial charge < -0.3 is 14.8 Å². The lowest BCUT2D eigenvalue weighted by atomic mass is 10.00. The Kier molecular flexibility index (Phi) is 5.00. The van der Waals surface area contributed by atoms with Gasteiger partial charge in [-0.05, 0) is 60.5 Å². The number of fused-ring (bicyclic) bond motifs is 3. The Balaban J connectivity index is 1.63. The van der Waals surface area contributed by atoms with E-state index in [1.807, 2.05) is 41.3 Å². The monoisotopic (exact) mass is 427 g/mol. The molecule has 3 aromatic carbocycles. The van der Waals surface area contributed by atoms with Crippen LogP contribution in [-0.2, 0) is 6.54 Å². The summed E-state index contributed by atoms with van der Waals surface area (Å²) in [6.07, 6.45) is 2.07. The standard InChI is InChI=1S/C26H22ClN3O/c1-18-6-4-8-19(16-18)25-24-10-5-15-29(24)23-9-3-2-7-20(23)17-30(25)26(31)28-22-13-11-21(27)12-14-22/h2-16,25H,17H2,1H3,(H,28,31)/t25-/m0/s1. The number of anilines is 1. The molecule has 1 aliphatic heterocycles. The molecular formula is C26H22ClN3O. The van der Waals surface area contributed by atoms with Crippen LogP contribution in [0.4, 0.5) is 10.5 Å². The number of hydrogen-bond donors (Lipinski definition) is 1. The van der Waals surface area contributed by atoms with Crippen molar-refractivity contribution < 1.29 is 4.79 Å².